The van der Waals surface area contributed by atoms with Crippen LogP contribution in [-0.4, -0.2) is 34.1 Å². The molecule has 3 heterocycles. The molecule has 1 atom stereocenters. The third kappa shape index (κ3) is 3.18. The molecule has 0 bridgehead atoms. The van der Waals surface area contributed by atoms with Crippen LogP contribution in [0.25, 0.3) is 11.3 Å². The number of ether oxygens (including phenoxy) is 2. The molecule has 0 amide bonds. The molecule has 1 aliphatic rings. The molecule has 0 aliphatic carbocycles. The average molecular weight is 404 g/mol. The SMILES string of the molecule is COC(=O)C(C)(C)C1c2ccncc2Oc2nc(-c3ccc(C(=O)O)cc3)ccc21. The van der Waals surface area contributed by atoms with Gasteiger partial charge in [-0.05, 0) is 38.1 Å². The molecule has 0 spiro atoms. The number of aromatic nitrogens is 2. The van der Waals surface area contributed by atoms with Gasteiger partial charge in [0.2, 0.25) is 5.88 Å². The van der Waals surface area contributed by atoms with E-state index in [0.717, 1.165) is 16.7 Å². The maximum absolute atomic E-state index is 12.6. The Bertz CT molecular complexity index is 1140. The van der Waals surface area contributed by atoms with E-state index in [4.69, 9.17) is 14.6 Å². The number of esters is 1. The molecule has 0 fully saturated rings. The molecule has 1 aromatic carbocycles. The first kappa shape index (κ1) is 19.6. The van der Waals surface area contributed by atoms with Gasteiger partial charge in [-0.25, -0.2) is 9.78 Å². The van der Waals surface area contributed by atoms with Gasteiger partial charge in [-0.2, -0.15) is 0 Å². The van der Waals surface area contributed by atoms with Gasteiger partial charge in [0, 0.05) is 28.8 Å². The highest BCUT2D eigenvalue weighted by atomic mass is 16.5. The third-order valence-electron chi connectivity index (χ3n) is 5.40. The third-order valence-corrected chi connectivity index (χ3v) is 5.40. The number of pyridine rings is 2. The Hall–Kier alpha value is -3.74. The summed E-state index contributed by atoms with van der Waals surface area (Å²) in [6.07, 6.45) is 3.27. The van der Waals surface area contributed by atoms with Crippen LogP contribution in [0.4, 0.5) is 0 Å². The summed E-state index contributed by atoms with van der Waals surface area (Å²) in [7, 11) is 1.37. The highest BCUT2D eigenvalue weighted by Crippen LogP contribution is 2.51. The highest BCUT2D eigenvalue weighted by molar-refractivity contribution is 5.88. The van der Waals surface area contributed by atoms with Crippen molar-refractivity contribution in [3.8, 4) is 22.9 Å². The van der Waals surface area contributed by atoms with Crippen LogP contribution >= 0.6 is 0 Å². The van der Waals surface area contributed by atoms with Gasteiger partial charge < -0.3 is 14.6 Å². The lowest BCUT2D eigenvalue weighted by atomic mass is 9.70. The van der Waals surface area contributed by atoms with Gasteiger partial charge in [0.1, 0.15) is 0 Å². The molecular formula is C23H20N2O5. The van der Waals surface area contributed by atoms with Crippen LogP contribution in [-0.2, 0) is 9.53 Å². The minimum atomic E-state index is -0.986. The Labute approximate surface area is 173 Å². The van der Waals surface area contributed by atoms with Crippen LogP contribution in [0.15, 0.2) is 54.9 Å². The van der Waals surface area contributed by atoms with E-state index < -0.39 is 11.4 Å². The Balaban J connectivity index is 1.82. The molecule has 1 N–H and O–H groups in total. The van der Waals surface area contributed by atoms with Crippen molar-refractivity contribution in [1.82, 2.24) is 9.97 Å². The second-order valence-electron chi connectivity index (χ2n) is 7.64. The maximum atomic E-state index is 12.6. The van der Waals surface area contributed by atoms with E-state index in [9.17, 15) is 9.59 Å². The van der Waals surface area contributed by atoms with Crippen molar-refractivity contribution in [2.45, 2.75) is 19.8 Å². The summed E-state index contributed by atoms with van der Waals surface area (Å²) in [5, 5.41) is 9.09. The Morgan fingerprint density at radius 1 is 1.07 bits per heavy atom. The molecule has 7 nitrogen and oxygen atoms in total. The van der Waals surface area contributed by atoms with Crippen molar-refractivity contribution in [3.05, 3.63) is 71.5 Å². The van der Waals surface area contributed by atoms with Gasteiger partial charge in [-0.15, -0.1) is 0 Å². The molecular weight excluding hydrogens is 384 g/mol. The monoisotopic (exact) mass is 404 g/mol. The van der Waals surface area contributed by atoms with Gasteiger partial charge >= 0.3 is 11.9 Å². The van der Waals surface area contributed by atoms with Crippen LogP contribution in [0.3, 0.4) is 0 Å². The van der Waals surface area contributed by atoms with Crippen LogP contribution in [0, 0.1) is 5.41 Å². The zero-order valence-corrected chi connectivity index (χ0v) is 16.7. The van der Waals surface area contributed by atoms with Gasteiger partial charge in [0.25, 0.3) is 0 Å². The molecule has 30 heavy (non-hydrogen) atoms. The highest BCUT2D eigenvalue weighted by Gasteiger charge is 2.45. The van der Waals surface area contributed by atoms with Crippen LogP contribution in [0.5, 0.6) is 11.6 Å². The van der Waals surface area contributed by atoms with E-state index >= 15 is 0 Å². The Morgan fingerprint density at radius 3 is 2.47 bits per heavy atom. The van der Waals surface area contributed by atoms with E-state index in [-0.39, 0.29) is 17.5 Å². The van der Waals surface area contributed by atoms with Gasteiger partial charge in [0.05, 0.1) is 30.0 Å². The fourth-order valence-corrected chi connectivity index (χ4v) is 3.84. The standard InChI is InChI=1S/C23H20N2O5/c1-23(2,22(28)29-3)19-15-10-11-24-12-18(15)30-20-16(19)8-9-17(25-20)13-4-6-14(7-5-13)21(26)27/h4-12,19H,1-3H3,(H,26,27). The topological polar surface area (TPSA) is 98.6 Å². The largest absolute Gasteiger partial charge is 0.478 e. The molecule has 1 unspecified atom stereocenters. The normalized spacial score (nSPS) is 14.8. The van der Waals surface area contributed by atoms with Crippen molar-refractivity contribution < 1.29 is 24.2 Å². The number of carboxylic acids is 1. The number of carbonyl (C=O) groups excluding carboxylic acids is 1. The molecule has 1 aliphatic heterocycles. The quantitative estimate of drug-likeness (QED) is 0.648. The number of fused-ring (bicyclic) bond motifs is 2. The second kappa shape index (κ2) is 7.26. The number of aromatic carboxylic acids is 1. The molecule has 0 saturated carbocycles. The minimum Gasteiger partial charge on any atom is -0.478 e. The number of carboxylic acid groups (broad SMARTS) is 1. The van der Waals surface area contributed by atoms with Crippen molar-refractivity contribution >= 4 is 11.9 Å². The zero-order valence-electron chi connectivity index (χ0n) is 16.7. The van der Waals surface area contributed by atoms with Crippen molar-refractivity contribution in [2.75, 3.05) is 7.11 Å². The summed E-state index contributed by atoms with van der Waals surface area (Å²) in [6.45, 7) is 3.67. The van der Waals surface area contributed by atoms with Gasteiger partial charge in [-0.1, -0.05) is 18.2 Å². The number of methoxy groups -OCH3 is 1. The van der Waals surface area contributed by atoms with Crippen molar-refractivity contribution in [2.24, 2.45) is 5.41 Å². The molecule has 3 aromatic rings. The van der Waals surface area contributed by atoms with E-state index in [1.807, 2.05) is 32.0 Å². The lowest BCUT2D eigenvalue weighted by Gasteiger charge is -2.36. The molecule has 0 radical (unpaired) electrons. The number of hydrogen-bond donors (Lipinski definition) is 1. The fraction of sp³-hybridized carbons (Fsp3) is 0.217. The lowest BCUT2D eigenvalue weighted by Crippen LogP contribution is -2.35. The first-order valence-electron chi connectivity index (χ1n) is 9.37. The summed E-state index contributed by atoms with van der Waals surface area (Å²) < 4.78 is 11.1. The van der Waals surface area contributed by atoms with E-state index in [1.165, 1.54) is 19.2 Å². The average Bonchev–Trinajstić information content (AvgIpc) is 2.76. The second-order valence-corrected chi connectivity index (χ2v) is 7.64. The van der Waals surface area contributed by atoms with E-state index in [1.54, 1.807) is 24.5 Å². The smallest absolute Gasteiger partial charge is 0.335 e. The van der Waals surface area contributed by atoms with Crippen LogP contribution in [0.2, 0.25) is 0 Å². The number of benzene rings is 1. The first-order valence-corrected chi connectivity index (χ1v) is 9.37. The maximum Gasteiger partial charge on any atom is 0.335 e. The van der Waals surface area contributed by atoms with Crippen molar-refractivity contribution in [3.63, 3.8) is 0 Å². The predicted octanol–water partition coefficient (Wildman–Crippen LogP) is 4.28. The van der Waals surface area contributed by atoms with Crippen molar-refractivity contribution in [1.29, 1.82) is 0 Å². The molecule has 4 rings (SSSR count). The van der Waals surface area contributed by atoms with Gasteiger partial charge in [-0.3, -0.25) is 9.78 Å². The lowest BCUT2D eigenvalue weighted by molar-refractivity contribution is -0.151. The van der Waals surface area contributed by atoms with Crippen LogP contribution in [0.1, 0.15) is 41.3 Å². The molecule has 7 heteroatoms. The summed E-state index contributed by atoms with van der Waals surface area (Å²) in [5.41, 5.74) is 2.34. The summed E-state index contributed by atoms with van der Waals surface area (Å²) in [6, 6.07) is 12.0. The first-order chi connectivity index (χ1) is 14.3. The Morgan fingerprint density at radius 2 is 1.80 bits per heavy atom. The summed E-state index contributed by atoms with van der Waals surface area (Å²) >= 11 is 0. The zero-order chi connectivity index (χ0) is 21.5. The number of nitrogens with zero attached hydrogens (tertiary/aromatic N) is 2. The molecule has 152 valence electrons. The number of hydrogen-bond acceptors (Lipinski definition) is 6. The predicted molar refractivity (Wildman–Crippen MR) is 109 cm³/mol. The Kier molecular flexibility index (Phi) is 4.73. The van der Waals surface area contributed by atoms with Crippen LogP contribution < -0.4 is 4.74 Å². The number of carbonyl (C=O) groups is 2. The molecule has 2 aromatic heterocycles. The molecule has 0 saturated heterocycles. The summed E-state index contributed by atoms with van der Waals surface area (Å²) in [5.74, 6) is -0.727. The van der Waals surface area contributed by atoms with E-state index in [2.05, 4.69) is 9.97 Å². The van der Waals surface area contributed by atoms with Gasteiger partial charge in [0.15, 0.2) is 5.75 Å². The summed E-state index contributed by atoms with van der Waals surface area (Å²) in [4.78, 5) is 32.5. The minimum absolute atomic E-state index is 0.202. The number of rotatable bonds is 4. The fourth-order valence-electron chi connectivity index (χ4n) is 3.84. The van der Waals surface area contributed by atoms with E-state index in [0.29, 0.717) is 17.3 Å².